The smallest absolute Gasteiger partial charge is 0.235 e. The van der Waals surface area contributed by atoms with Gasteiger partial charge in [-0.3, -0.25) is 4.57 Å². The van der Waals surface area contributed by atoms with E-state index in [0.29, 0.717) is 5.95 Å². The highest BCUT2D eigenvalue weighted by Gasteiger charge is 2.21. The van der Waals surface area contributed by atoms with Gasteiger partial charge in [-0.1, -0.05) is 152 Å². The third-order valence-corrected chi connectivity index (χ3v) is 13.2. The highest BCUT2D eigenvalue weighted by Crippen LogP contribution is 2.41. The second-order valence-corrected chi connectivity index (χ2v) is 16.6. The molecule has 0 spiro atoms. The molecule has 4 nitrogen and oxygen atoms in total. The molecule has 0 saturated heterocycles. The first-order valence-corrected chi connectivity index (χ1v) is 21.2. The topological polar surface area (TPSA) is 35.6 Å². The summed E-state index contributed by atoms with van der Waals surface area (Å²) >= 11 is 0. The minimum absolute atomic E-state index is 0.641. The average Bonchev–Trinajstić information content (AvgIpc) is 3.83. The number of fused-ring (bicyclic) bond motifs is 15. The second kappa shape index (κ2) is 12.6. The highest BCUT2D eigenvalue weighted by molar-refractivity contribution is 6.26. The van der Waals surface area contributed by atoms with E-state index in [0.717, 1.165) is 44.3 Å². The van der Waals surface area contributed by atoms with Gasteiger partial charge in [-0.05, 0) is 108 Å². The molecule has 11 aromatic carbocycles. The first kappa shape index (κ1) is 33.5. The maximum absolute atomic E-state index is 5.61. The Morgan fingerprint density at radius 1 is 0.274 bits per heavy atom. The highest BCUT2D eigenvalue weighted by atomic mass is 15.2. The van der Waals surface area contributed by atoms with Crippen LogP contribution in [0.4, 0.5) is 0 Å². The van der Waals surface area contributed by atoms with Gasteiger partial charge in [-0.25, -0.2) is 9.97 Å². The number of benzene rings is 11. The van der Waals surface area contributed by atoms with Crippen LogP contribution in [0.25, 0.3) is 131 Å². The Labute approximate surface area is 355 Å². The Bertz CT molecular complexity index is 4190. The summed E-state index contributed by atoms with van der Waals surface area (Å²) in [5, 5.41) is 18.1. The Kier molecular flexibility index (Phi) is 6.80. The van der Waals surface area contributed by atoms with Gasteiger partial charge in [0.2, 0.25) is 5.95 Å². The second-order valence-electron chi connectivity index (χ2n) is 16.6. The van der Waals surface area contributed by atoms with Gasteiger partial charge in [0.15, 0.2) is 0 Å². The fourth-order valence-corrected chi connectivity index (χ4v) is 10.4. The normalized spacial score (nSPS) is 12.2. The van der Waals surface area contributed by atoms with Crippen molar-refractivity contribution in [1.82, 2.24) is 19.1 Å². The van der Waals surface area contributed by atoms with E-state index in [2.05, 4.69) is 215 Å². The van der Waals surface area contributed by atoms with Crippen LogP contribution < -0.4 is 0 Å². The van der Waals surface area contributed by atoms with Crippen LogP contribution in [0.3, 0.4) is 0 Å². The van der Waals surface area contributed by atoms with Crippen LogP contribution in [0.5, 0.6) is 0 Å². The lowest BCUT2D eigenvalue weighted by atomic mass is 9.92. The lowest BCUT2D eigenvalue weighted by Crippen LogP contribution is -2.04. The predicted molar refractivity (Wildman–Crippen MR) is 261 cm³/mol. The summed E-state index contributed by atoms with van der Waals surface area (Å²) in [4.78, 5) is 11.0. The molecule has 0 amide bonds. The lowest BCUT2D eigenvalue weighted by Gasteiger charge is -2.14. The SMILES string of the molecule is c1ccc2cc3c(cc2c1)c1ccccc1n3-c1ccc2c3cc4ccccc4cc3n(-c3nc(-c4ccc5c6ccccc6c6ccccc6c5c4)c4ccccc4n3)c2c1. The zero-order valence-corrected chi connectivity index (χ0v) is 33.4. The van der Waals surface area contributed by atoms with Crippen LogP contribution in [0.2, 0.25) is 0 Å². The number of rotatable bonds is 3. The van der Waals surface area contributed by atoms with E-state index in [4.69, 9.17) is 9.97 Å². The van der Waals surface area contributed by atoms with Gasteiger partial charge in [0, 0.05) is 38.2 Å². The number of para-hydroxylation sites is 2. The zero-order chi connectivity index (χ0) is 40.5. The number of aromatic nitrogens is 4. The summed E-state index contributed by atoms with van der Waals surface area (Å²) in [6.07, 6.45) is 0. The molecule has 0 atom stereocenters. The molecule has 0 unspecified atom stereocenters. The molecule has 3 heterocycles. The fourth-order valence-electron chi connectivity index (χ4n) is 10.4. The first-order valence-electron chi connectivity index (χ1n) is 21.2. The van der Waals surface area contributed by atoms with Gasteiger partial charge in [-0.15, -0.1) is 0 Å². The summed E-state index contributed by atoms with van der Waals surface area (Å²) < 4.78 is 4.72. The average molecular weight is 787 g/mol. The Balaban J connectivity index is 1.07. The molecule has 3 aromatic heterocycles. The molecule has 0 aliphatic rings. The minimum atomic E-state index is 0.641. The number of hydrogen-bond acceptors (Lipinski definition) is 2. The van der Waals surface area contributed by atoms with Crippen LogP contribution in [-0.2, 0) is 0 Å². The standard InChI is InChI=1S/C58H34N4/c1-3-15-37-32-54-50(29-35(37)13-1)46-21-10-12-24-53(46)61(54)40-26-28-47-51-30-36-14-2-4-16-38(36)33-55(51)62(56(47)34-40)58-59-52-23-11-9-22-48(52)57(60-58)39-25-27-45-43-19-6-5-17-41(43)42-18-7-8-20-44(42)49(45)31-39/h1-34H. The summed E-state index contributed by atoms with van der Waals surface area (Å²) in [5.74, 6) is 0.641. The van der Waals surface area contributed by atoms with E-state index in [-0.39, 0.29) is 0 Å². The molecule has 4 heteroatoms. The van der Waals surface area contributed by atoms with E-state index in [9.17, 15) is 0 Å². The molecule has 286 valence electrons. The number of hydrogen-bond donors (Lipinski definition) is 0. The van der Waals surface area contributed by atoms with E-state index in [1.165, 1.54) is 81.1 Å². The van der Waals surface area contributed by atoms with Crippen LogP contribution in [0.15, 0.2) is 206 Å². The van der Waals surface area contributed by atoms with Crippen molar-refractivity contribution in [3.05, 3.63) is 206 Å². The van der Waals surface area contributed by atoms with Gasteiger partial charge in [0.05, 0.1) is 33.3 Å². The van der Waals surface area contributed by atoms with Gasteiger partial charge < -0.3 is 4.57 Å². The molecule has 0 saturated carbocycles. The van der Waals surface area contributed by atoms with Crippen molar-refractivity contribution < 1.29 is 0 Å². The molecule has 0 fully saturated rings. The molecule has 0 aliphatic heterocycles. The van der Waals surface area contributed by atoms with Crippen LogP contribution >= 0.6 is 0 Å². The van der Waals surface area contributed by atoms with Crippen molar-refractivity contribution in [2.75, 3.05) is 0 Å². The molecule has 0 aliphatic carbocycles. The Morgan fingerprint density at radius 2 is 0.742 bits per heavy atom. The van der Waals surface area contributed by atoms with E-state index in [1.807, 2.05) is 0 Å². The summed E-state index contributed by atoms with van der Waals surface area (Å²) in [6.45, 7) is 0. The first-order chi connectivity index (χ1) is 30.7. The molecule has 0 N–H and O–H groups in total. The minimum Gasteiger partial charge on any atom is -0.309 e. The van der Waals surface area contributed by atoms with Crippen LogP contribution in [-0.4, -0.2) is 19.1 Å². The fraction of sp³-hybridized carbons (Fsp3) is 0. The summed E-state index contributed by atoms with van der Waals surface area (Å²) in [5.41, 5.74) is 8.43. The molecule has 0 bridgehead atoms. The number of nitrogens with zero attached hydrogens (tertiary/aromatic N) is 4. The van der Waals surface area contributed by atoms with E-state index < -0.39 is 0 Å². The van der Waals surface area contributed by atoms with Crippen molar-refractivity contribution in [2.45, 2.75) is 0 Å². The largest absolute Gasteiger partial charge is 0.309 e. The lowest BCUT2D eigenvalue weighted by molar-refractivity contribution is 1.01. The van der Waals surface area contributed by atoms with Crippen molar-refractivity contribution in [3.8, 4) is 22.9 Å². The third kappa shape index (κ3) is 4.72. The van der Waals surface area contributed by atoms with Gasteiger partial charge in [0.25, 0.3) is 0 Å². The van der Waals surface area contributed by atoms with E-state index >= 15 is 0 Å². The van der Waals surface area contributed by atoms with Gasteiger partial charge >= 0.3 is 0 Å². The quantitative estimate of drug-likeness (QED) is 0.167. The van der Waals surface area contributed by atoms with Gasteiger partial charge in [-0.2, -0.15) is 0 Å². The summed E-state index contributed by atoms with van der Waals surface area (Å²) in [6, 6.07) is 75.1. The van der Waals surface area contributed by atoms with Crippen molar-refractivity contribution in [2.24, 2.45) is 0 Å². The van der Waals surface area contributed by atoms with E-state index in [1.54, 1.807) is 0 Å². The molecular weight excluding hydrogens is 753 g/mol. The molecule has 14 rings (SSSR count). The van der Waals surface area contributed by atoms with Crippen LogP contribution in [0, 0.1) is 0 Å². The third-order valence-electron chi connectivity index (χ3n) is 13.2. The summed E-state index contributed by atoms with van der Waals surface area (Å²) in [7, 11) is 0. The van der Waals surface area contributed by atoms with Crippen molar-refractivity contribution >= 4 is 108 Å². The zero-order valence-electron chi connectivity index (χ0n) is 33.4. The van der Waals surface area contributed by atoms with Crippen molar-refractivity contribution in [3.63, 3.8) is 0 Å². The maximum atomic E-state index is 5.61. The Hall–Kier alpha value is -8.34. The molecule has 62 heavy (non-hydrogen) atoms. The molecule has 14 aromatic rings. The predicted octanol–water partition coefficient (Wildman–Crippen LogP) is 15.3. The molecule has 0 radical (unpaired) electrons. The van der Waals surface area contributed by atoms with Crippen LogP contribution in [0.1, 0.15) is 0 Å². The molecular formula is C58H34N4. The Morgan fingerprint density at radius 3 is 1.40 bits per heavy atom. The van der Waals surface area contributed by atoms with Crippen molar-refractivity contribution in [1.29, 1.82) is 0 Å². The van der Waals surface area contributed by atoms with Gasteiger partial charge in [0.1, 0.15) is 0 Å². The maximum Gasteiger partial charge on any atom is 0.235 e. The monoisotopic (exact) mass is 786 g/mol.